The molecule has 2 aromatic carbocycles. The summed E-state index contributed by atoms with van der Waals surface area (Å²) in [4.78, 5) is 15.5. The van der Waals surface area contributed by atoms with E-state index in [1.54, 1.807) is 38.5 Å². The highest BCUT2D eigenvalue weighted by atomic mass is 16.5. The van der Waals surface area contributed by atoms with E-state index in [1.807, 2.05) is 36.9 Å². The molecule has 1 N–H and O–H groups in total. The van der Waals surface area contributed by atoms with E-state index in [4.69, 9.17) is 24.2 Å². The normalized spacial score (nSPS) is 17.1. The summed E-state index contributed by atoms with van der Waals surface area (Å²) in [5.74, 6) is 1.24. The van der Waals surface area contributed by atoms with Gasteiger partial charge in [0.15, 0.2) is 11.5 Å². The molecule has 0 unspecified atom stereocenters. The van der Waals surface area contributed by atoms with Gasteiger partial charge in [-0.15, -0.1) is 0 Å². The van der Waals surface area contributed by atoms with E-state index in [-0.39, 0.29) is 24.0 Å². The van der Waals surface area contributed by atoms with E-state index < -0.39 is 0 Å². The Morgan fingerprint density at radius 1 is 1.14 bits per heavy atom. The molecule has 0 aromatic heterocycles. The Hall–Kier alpha value is -3.12. The first-order valence-corrected chi connectivity index (χ1v) is 12.4. The Labute approximate surface area is 214 Å². The summed E-state index contributed by atoms with van der Waals surface area (Å²) in [6.45, 7) is 7.62. The van der Waals surface area contributed by atoms with E-state index in [9.17, 15) is 4.79 Å². The minimum atomic E-state index is -0.0539. The van der Waals surface area contributed by atoms with Crippen LogP contribution in [0.15, 0.2) is 42.5 Å². The number of methoxy groups -OCH3 is 2. The smallest absolute Gasteiger partial charge is 0.254 e. The van der Waals surface area contributed by atoms with Gasteiger partial charge in [0.1, 0.15) is 0 Å². The van der Waals surface area contributed by atoms with E-state index in [0.29, 0.717) is 49.0 Å². The first-order valence-electron chi connectivity index (χ1n) is 12.4. The highest BCUT2D eigenvalue weighted by Gasteiger charge is 2.32. The number of nitrogens with zero attached hydrogens (tertiary/aromatic N) is 2. The van der Waals surface area contributed by atoms with Crippen LogP contribution in [-0.2, 0) is 16.1 Å². The van der Waals surface area contributed by atoms with Crippen LogP contribution in [-0.4, -0.2) is 70.0 Å². The van der Waals surface area contributed by atoms with Gasteiger partial charge in [0.05, 0.1) is 38.1 Å². The molecule has 1 amide bonds. The third-order valence-corrected chi connectivity index (χ3v) is 6.27. The van der Waals surface area contributed by atoms with Crippen LogP contribution in [0.5, 0.6) is 11.5 Å². The fraction of sp³-hybridized carbons (Fsp3) is 0.500. The number of rotatable bonds is 13. The van der Waals surface area contributed by atoms with Crippen molar-refractivity contribution in [1.82, 2.24) is 10.2 Å². The minimum absolute atomic E-state index is 0.0132. The predicted molar refractivity (Wildman–Crippen MR) is 137 cm³/mol. The van der Waals surface area contributed by atoms with Crippen molar-refractivity contribution in [3.63, 3.8) is 0 Å². The summed E-state index contributed by atoms with van der Waals surface area (Å²) >= 11 is 0. The molecule has 8 heteroatoms. The number of carbonyl (C=O) groups is 1. The van der Waals surface area contributed by atoms with Crippen molar-refractivity contribution in [3.05, 3.63) is 59.2 Å². The lowest BCUT2D eigenvalue weighted by molar-refractivity contribution is 0.0129. The van der Waals surface area contributed by atoms with Crippen LogP contribution < -0.4 is 14.8 Å². The number of carbonyl (C=O) groups excluding carboxylic acids is 1. The SMILES string of the molecule is COCCCOc1cc(C(=O)N(C[C@@H]2CNC[C@H]2OCc2cccc(C#N)c2)C(C)C)ccc1OC. The first kappa shape index (κ1) is 27.5. The summed E-state index contributed by atoms with van der Waals surface area (Å²) in [6, 6.07) is 14.9. The number of hydrogen-bond donors (Lipinski definition) is 1. The molecule has 1 fully saturated rings. The summed E-state index contributed by atoms with van der Waals surface area (Å²) in [7, 11) is 3.24. The summed E-state index contributed by atoms with van der Waals surface area (Å²) in [5, 5.41) is 12.5. The van der Waals surface area contributed by atoms with Gasteiger partial charge < -0.3 is 29.2 Å². The molecule has 1 saturated heterocycles. The number of hydrogen-bond acceptors (Lipinski definition) is 7. The van der Waals surface area contributed by atoms with Crippen LogP contribution in [0.1, 0.15) is 41.8 Å². The minimum Gasteiger partial charge on any atom is -0.493 e. The Kier molecular flexibility index (Phi) is 10.6. The van der Waals surface area contributed by atoms with Crippen molar-refractivity contribution >= 4 is 5.91 Å². The Morgan fingerprint density at radius 3 is 2.69 bits per heavy atom. The topological polar surface area (TPSA) is 93.0 Å². The summed E-state index contributed by atoms with van der Waals surface area (Å²) < 4.78 is 22.6. The Balaban J connectivity index is 1.67. The second-order valence-corrected chi connectivity index (χ2v) is 9.19. The fourth-order valence-electron chi connectivity index (χ4n) is 4.27. The maximum Gasteiger partial charge on any atom is 0.254 e. The molecular formula is C28H37N3O5. The molecule has 0 aliphatic carbocycles. The zero-order valence-electron chi connectivity index (χ0n) is 21.7. The highest BCUT2D eigenvalue weighted by molar-refractivity contribution is 5.95. The standard InChI is InChI=1S/C28H37N3O5/c1-20(2)31(28(32)23-9-10-25(34-4)26(14-23)35-12-6-11-33-3)18-24-16-30-17-27(24)36-19-22-8-5-7-21(13-22)15-29/h5,7-10,13-14,20,24,27,30H,6,11-12,16-19H2,1-4H3/t24-,27+/m0/s1. The van der Waals surface area contributed by atoms with Crippen LogP contribution in [0, 0.1) is 17.2 Å². The average Bonchev–Trinajstić information content (AvgIpc) is 3.35. The third kappa shape index (κ3) is 7.44. The van der Waals surface area contributed by atoms with E-state index in [0.717, 1.165) is 25.1 Å². The number of nitrogens with one attached hydrogen (secondary N) is 1. The maximum atomic E-state index is 13.6. The van der Waals surface area contributed by atoms with Crippen LogP contribution >= 0.6 is 0 Å². The molecular weight excluding hydrogens is 458 g/mol. The van der Waals surface area contributed by atoms with Gasteiger partial charge in [-0.2, -0.15) is 5.26 Å². The molecule has 36 heavy (non-hydrogen) atoms. The molecule has 0 radical (unpaired) electrons. The van der Waals surface area contributed by atoms with Gasteiger partial charge in [-0.05, 0) is 49.7 Å². The number of benzene rings is 2. The summed E-state index contributed by atoms with van der Waals surface area (Å²) in [6.07, 6.45) is 0.715. The lowest BCUT2D eigenvalue weighted by atomic mass is 10.0. The zero-order chi connectivity index (χ0) is 25.9. The number of amides is 1. The fourth-order valence-corrected chi connectivity index (χ4v) is 4.27. The molecule has 2 atom stereocenters. The largest absolute Gasteiger partial charge is 0.493 e. The lowest BCUT2D eigenvalue weighted by Crippen LogP contribution is -2.43. The number of nitriles is 1. The molecule has 8 nitrogen and oxygen atoms in total. The van der Waals surface area contributed by atoms with Crippen molar-refractivity contribution in [1.29, 1.82) is 5.26 Å². The zero-order valence-corrected chi connectivity index (χ0v) is 21.7. The Morgan fingerprint density at radius 2 is 1.97 bits per heavy atom. The van der Waals surface area contributed by atoms with E-state index >= 15 is 0 Å². The third-order valence-electron chi connectivity index (χ3n) is 6.27. The summed E-state index contributed by atoms with van der Waals surface area (Å²) in [5.41, 5.74) is 2.14. The second kappa shape index (κ2) is 13.8. The predicted octanol–water partition coefficient (Wildman–Crippen LogP) is 3.64. The molecule has 1 aliphatic heterocycles. The van der Waals surface area contributed by atoms with Crippen molar-refractivity contribution in [2.45, 2.75) is 39.0 Å². The van der Waals surface area contributed by atoms with Gasteiger partial charge in [-0.1, -0.05) is 12.1 Å². The van der Waals surface area contributed by atoms with E-state index in [1.165, 1.54) is 0 Å². The van der Waals surface area contributed by atoms with E-state index in [2.05, 4.69) is 11.4 Å². The maximum absolute atomic E-state index is 13.6. The highest BCUT2D eigenvalue weighted by Crippen LogP contribution is 2.29. The van der Waals surface area contributed by atoms with Gasteiger partial charge in [0, 0.05) is 57.3 Å². The lowest BCUT2D eigenvalue weighted by Gasteiger charge is -2.31. The van der Waals surface area contributed by atoms with Crippen LogP contribution in [0.25, 0.3) is 0 Å². The van der Waals surface area contributed by atoms with Crippen LogP contribution in [0.4, 0.5) is 0 Å². The molecule has 0 saturated carbocycles. The van der Waals surface area contributed by atoms with Gasteiger partial charge in [-0.3, -0.25) is 4.79 Å². The van der Waals surface area contributed by atoms with Crippen molar-refractivity contribution in [3.8, 4) is 17.6 Å². The molecule has 0 bridgehead atoms. The molecule has 1 aliphatic rings. The van der Waals surface area contributed by atoms with Gasteiger partial charge >= 0.3 is 0 Å². The van der Waals surface area contributed by atoms with Crippen LogP contribution in [0.2, 0.25) is 0 Å². The van der Waals surface area contributed by atoms with Gasteiger partial charge in [-0.25, -0.2) is 0 Å². The second-order valence-electron chi connectivity index (χ2n) is 9.19. The van der Waals surface area contributed by atoms with Crippen molar-refractivity contribution in [2.75, 3.05) is 47.1 Å². The van der Waals surface area contributed by atoms with Gasteiger partial charge in [0.2, 0.25) is 0 Å². The first-order chi connectivity index (χ1) is 17.5. The molecule has 3 rings (SSSR count). The molecule has 2 aromatic rings. The van der Waals surface area contributed by atoms with Crippen LogP contribution in [0.3, 0.4) is 0 Å². The quantitative estimate of drug-likeness (QED) is 0.424. The number of ether oxygens (including phenoxy) is 4. The Bertz CT molecular complexity index is 1040. The monoisotopic (exact) mass is 495 g/mol. The van der Waals surface area contributed by atoms with Gasteiger partial charge in [0.25, 0.3) is 5.91 Å². The van der Waals surface area contributed by atoms with Crippen molar-refractivity contribution in [2.24, 2.45) is 5.92 Å². The molecule has 194 valence electrons. The average molecular weight is 496 g/mol. The molecule has 0 spiro atoms. The molecule has 1 heterocycles. The van der Waals surface area contributed by atoms with Crippen molar-refractivity contribution < 1.29 is 23.7 Å².